The van der Waals surface area contributed by atoms with E-state index in [4.69, 9.17) is 17.3 Å². The highest BCUT2D eigenvalue weighted by Gasteiger charge is 2.03. The molecule has 1 aromatic carbocycles. The highest BCUT2D eigenvalue weighted by atomic mass is 35.5. The minimum atomic E-state index is -0.120. The van der Waals surface area contributed by atoms with Gasteiger partial charge in [0.15, 0.2) is 0 Å². The van der Waals surface area contributed by atoms with Crippen molar-refractivity contribution >= 4 is 40.4 Å². The van der Waals surface area contributed by atoms with E-state index < -0.39 is 0 Å². The number of thiocarbonyl (C=S) groups is 1. The molecule has 0 aromatic heterocycles. The fourth-order valence-electron chi connectivity index (χ4n) is 1.03. The molecule has 3 N–H and O–H groups in total. The highest BCUT2D eigenvalue weighted by Crippen LogP contribution is 2.15. The van der Waals surface area contributed by atoms with Crippen LogP contribution in [0.15, 0.2) is 24.3 Å². The van der Waals surface area contributed by atoms with Gasteiger partial charge in [0.25, 0.3) is 0 Å². The average molecular weight is 243 g/mol. The SMILES string of the molecule is NC(=S)CCC(=O)Nc1cccc(Cl)c1. The van der Waals surface area contributed by atoms with Crippen molar-refractivity contribution in [1.82, 2.24) is 0 Å². The van der Waals surface area contributed by atoms with Crippen LogP contribution in [-0.2, 0) is 4.79 Å². The molecule has 1 amide bonds. The number of nitrogens with one attached hydrogen (secondary N) is 1. The fourth-order valence-corrected chi connectivity index (χ4v) is 1.32. The smallest absolute Gasteiger partial charge is 0.224 e. The second kappa shape index (κ2) is 5.68. The maximum Gasteiger partial charge on any atom is 0.224 e. The van der Waals surface area contributed by atoms with E-state index in [9.17, 15) is 4.79 Å². The monoisotopic (exact) mass is 242 g/mol. The summed E-state index contributed by atoms with van der Waals surface area (Å²) in [7, 11) is 0. The Kier molecular flexibility index (Phi) is 4.52. The summed E-state index contributed by atoms with van der Waals surface area (Å²) in [5, 5.41) is 3.28. The van der Waals surface area contributed by atoms with Crippen molar-refractivity contribution in [3.63, 3.8) is 0 Å². The van der Waals surface area contributed by atoms with Crippen molar-refractivity contribution in [2.75, 3.05) is 5.32 Å². The third-order valence-electron chi connectivity index (χ3n) is 1.71. The van der Waals surface area contributed by atoms with E-state index in [1.165, 1.54) is 0 Å². The van der Waals surface area contributed by atoms with Gasteiger partial charge in [0.05, 0.1) is 4.99 Å². The molecule has 0 radical (unpaired) electrons. The van der Waals surface area contributed by atoms with E-state index in [1.807, 2.05) is 0 Å². The second-order valence-corrected chi connectivity index (χ2v) is 3.99. The Morgan fingerprint density at radius 1 is 1.47 bits per heavy atom. The first kappa shape index (κ1) is 11.9. The van der Waals surface area contributed by atoms with E-state index >= 15 is 0 Å². The lowest BCUT2D eigenvalue weighted by Crippen LogP contribution is -2.15. The number of rotatable bonds is 4. The topological polar surface area (TPSA) is 55.1 Å². The Morgan fingerprint density at radius 2 is 2.20 bits per heavy atom. The van der Waals surface area contributed by atoms with E-state index in [1.54, 1.807) is 24.3 Å². The van der Waals surface area contributed by atoms with E-state index in [-0.39, 0.29) is 5.91 Å². The minimum absolute atomic E-state index is 0.120. The lowest BCUT2D eigenvalue weighted by molar-refractivity contribution is -0.116. The van der Waals surface area contributed by atoms with Crippen LogP contribution in [0, 0.1) is 0 Å². The molecule has 0 aliphatic heterocycles. The number of amides is 1. The zero-order valence-electron chi connectivity index (χ0n) is 8.00. The molecule has 0 aliphatic rings. The minimum Gasteiger partial charge on any atom is -0.393 e. The van der Waals surface area contributed by atoms with Gasteiger partial charge < -0.3 is 11.1 Å². The number of hydrogen-bond donors (Lipinski definition) is 2. The lowest BCUT2D eigenvalue weighted by atomic mass is 10.2. The summed E-state index contributed by atoms with van der Waals surface area (Å²) in [5.74, 6) is -0.120. The van der Waals surface area contributed by atoms with Gasteiger partial charge in [-0.25, -0.2) is 0 Å². The zero-order valence-corrected chi connectivity index (χ0v) is 9.57. The molecule has 1 rings (SSSR count). The number of carbonyl (C=O) groups is 1. The van der Waals surface area contributed by atoms with Gasteiger partial charge in [-0.3, -0.25) is 4.79 Å². The quantitative estimate of drug-likeness (QED) is 0.797. The third kappa shape index (κ3) is 4.76. The molecule has 0 atom stereocenters. The van der Waals surface area contributed by atoms with Gasteiger partial charge in [-0.15, -0.1) is 0 Å². The fraction of sp³-hybridized carbons (Fsp3) is 0.200. The van der Waals surface area contributed by atoms with Crippen LogP contribution in [0.1, 0.15) is 12.8 Å². The van der Waals surface area contributed by atoms with Crippen molar-refractivity contribution in [3.8, 4) is 0 Å². The van der Waals surface area contributed by atoms with Gasteiger partial charge in [0.1, 0.15) is 0 Å². The summed E-state index contributed by atoms with van der Waals surface area (Å²) < 4.78 is 0. The van der Waals surface area contributed by atoms with E-state index in [0.717, 1.165) is 0 Å². The van der Waals surface area contributed by atoms with Gasteiger partial charge in [-0.2, -0.15) is 0 Å². The normalized spacial score (nSPS) is 9.67. The predicted molar refractivity (Wildman–Crippen MR) is 66.1 cm³/mol. The van der Waals surface area contributed by atoms with E-state index in [2.05, 4.69) is 17.5 Å². The van der Waals surface area contributed by atoms with Gasteiger partial charge in [0.2, 0.25) is 5.91 Å². The molecule has 0 unspecified atom stereocenters. The van der Waals surface area contributed by atoms with Gasteiger partial charge in [-0.05, 0) is 18.2 Å². The second-order valence-electron chi connectivity index (χ2n) is 3.02. The molecule has 15 heavy (non-hydrogen) atoms. The summed E-state index contributed by atoms with van der Waals surface area (Å²) in [6.45, 7) is 0. The summed E-state index contributed by atoms with van der Waals surface area (Å²) >= 11 is 10.4. The molecule has 0 bridgehead atoms. The molecule has 0 saturated carbocycles. The number of anilines is 1. The number of hydrogen-bond acceptors (Lipinski definition) is 2. The van der Waals surface area contributed by atoms with Crippen molar-refractivity contribution < 1.29 is 4.79 Å². The Balaban J connectivity index is 2.48. The van der Waals surface area contributed by atoms with Crippen molar-refractivity contribution in [2.45, 2.75) is 12.8 Å². The van der Waals surface area contributed by atoms with Gasteiger partial charge in [-0.1, -0.05) is 29.9 Å². The van der Waals surface area contributed by atoms with Gasteiger partial charge >= 0.3 is 0 Å². The molecule has 0 fully saturated rings. The average Bonchev–Trinajstić information content (AvgIpc) is 2.15. The maximum absolute atomic E-state index is 11.4. The summed E-state index contributed by atoms with van der Waals surface area (Å²) in [4.78, 5) is 11.7. The summed E-state index contributed by atoms with van der Waals surface area (Å²) in [5.41, 5.74) is 5.96. The van der Waals surface area contributed by atoms with E-state index in [0.29, 0.717) is 28.5 Å². The van der Waals surface area contributed by atoms with Crippen molar-refractivity contribution in [1.29, 1.82) is 0 Å². The lowest BCUT2D eigenvalue weighted by Gasteiger charge is -2.04. The van der Waals surface area contributed by atoms with Gasteiger partial charge in [0, 0.05) is 23.6 Å². The van der Waals surface area contributed by atoms with Crippen LogP contribution in [0.4, 0.5) is 5.69 Å². The molecule has 5 heteroatoms. The number of nitrogens with two attached hydrogens (primary N) is 1. The van der Waals surface area contributed by atoms with Crippen LogP contribution < -0.4 is 11.1 Å². The number of halogens is 1. The van der Waals surface area contributed by atoms with Crippen LogP contribution in [0.3, 0.4) is 0 Å². The standard InChI is InChI=1S/C10H11ClN2OS/c11-7-2-1-3-8(6-7)13-10(14)5-4-9(12)15/h1-3,6H,4-5H2,(H2,12,15)(H,13,14). The van der Waals surface area contributed by atoms with Crippen LogP contribution in [0.25, 0.3) is 0 Å². The molecule has 0 heterocycles. The molecular formula is C10H11ClN2OS. The Bertz CT molecular complexity index is 381. The summed E-state index contributed by atoms with van der Waals surface area (Å²) in [6.07, 6.45) is 0.712. The molecule has 80 valence electrons. The van der Waals surface area contributed by atoms with Crippen LogP contribution >= 0.6 is 23.8 Å². The first-order chi connectivity index (χ1) is 7.08. The Hall–Kier alpha value is -1.13. The maximum atomic E-state index is 11.4. The van der Waals surface area contributed by atoms with Crippen LogP contribution in [-0.4, -0.2) is 10.9 Å². The number of carbonyl (C=O) groups excluding carboxylic acids is 1. The van der Waals surface area contributed by atoms with Crippen LogP contribution in [0.5, 0.6) is 0 Å². The largest absolute Gasteiger partial charge is 0.393 e. The van der Waals surface area contributed by atoms with Crippen molar-refractivity contribution in [3.05, 3.63) is 29.3 Å². The zero-order chi connectivity index (χ0) is 11.3. The predicted octanol–water partition coefficient (Wildman–Crippen LogP) is 2.34. The van der Waals surface area contributed by atoms with Crippen LogP contribution in [0.2, 0.25) is 5.02 Å². The van der Waals surface area contributed by atoms with Crippen molar-refractivity contribution in [2.24, 2.45) is 5.73 Å². The molecular weight excluding hydrogens is 232 g/mol. The number of benzene rings is 1. The molecule has 1 aromatic rings. The Morgan fingerprint density at radius 3 is 2.80 bits per heavy atom. The first-order valence-electron chi connectivity index (χ1n) is 4.41. The molecule has 0 spiro atoms. The Labute approximate surface area is 98.6 Å². The first-order valence-corrected chi connectivity index (χ1v) is 5.20. The highest BCUT2D eigenvalue weighted by molar-refractivity contribution is 7.80. The molecule has 3 nitrogen and oxygen atoms in total. The third-order valence-corrected chi connectivity index (χ3v) is 2.15. The summed E-state index contributed by atoms with van der Waals surface area (Å²) in [6, 6.07) is 6.96. The molecule has 0 aliphatic carbocycles. The molecule has 0 saturated heterocycles.